The third-order valence-corrected chi connectivity index (χ3v) is 3.18. The lowest BCUT2D eigenvalue weighted by molar-refractivity contribution is -0.147. The Bertz CT molecular complexity index is 693. The van der Waals surface area contributed by atoms with Crippen molar-refractivity contribution in [3.63, 3.8) is 0 Å². The zero-order valence-corrected chi connectivity index (χ0v) is 14.8. The molecule has 3 amide bonds. The predicted molar refractivity (Wildman–Crippen MR) is 89.2 cm³/mol. The largest absolute Gasteiger partial charge is 0.481 e. The summed E-state index contributed by atoms with van der Waals surface area (Å²) in [6.45, 7) is -0.852. The molecule has 0 heterocycles. The van der Waals surface area contributed by atoms with Crippen LogP contribution in [0.1, 0.15) is 19.3 Å². The van der Waals surface area contributed by atoms with Crippen LogP contribution in [0.2, 0.25) is 0 Å². The lowest BCUT2D eigenvalue weighted by Gasteiger charge is -2.19. The van der Waals surface area contributed by atoms with Gasteiger partial charge in [-0.2, -0.15) is 0 Å². The molecule has 15 heteroatoms. The maximum absolute atomic E-state index is 12.0. The van der Waals surface area contributed by atoms with E-state index >= 15 is 0 Å². The Morgan fingerprint density at radius 2 is 1.17 bits per heavy atom. The zero-order chi connectivity index (χ0) is 22.7. The van der Waals surface area contributed by atoms with E-state index in [2.05, 4.69) is 0 Å². The van der Waals surface area contributed by atoms with E-state index < -0.39 is 85.5 Å². The molecule has 0 rings (SSSR count). The predicted octanol–water partition coefficient (Wildman–Crippen LogP) is -4.09. The van der Waals surface area contributed by atoms with Crippen molar-refractivity contribution in [2.24, 2.45) is 5.73 Å². The maximum Gasteiger partial charge on any atom is 0.326 e. The highest BCUT2D eigenvalue weighted by Crippen LogP contribution is 1.97. The van der Waals surface area contributed by atoms with Gasteiger partial charge in [-0.3, -0.25) is 28.8 Å². The van der Waals surface area contributed by atoms with Gasteiger partial charge in [-0.1, -0.05) is 0 Å². The molecule has 3 atom stereocenters. The molecule has 0 aliphatic rings. The first-order valence-corrected chi connectivity index (χ1v) is 7.84. The minimum Gasteiger partial charge on any atom is -0.481 e. The first kappa shape index (κ1) is 25.2. The molecule has 0 aromatic heterocycles. The number of carboxylic acids is 4. The van der Waals surface area contributed by atoms with Crippen molar-refractivity contribution in [2.75, 3.05) is 6.54 Å². The van der Waals surface area contributed by atoms with Gasteiger partial charge in [0.1, 0.15) is 12.1 Å². The van der Waals surface area contributed by atoms with Gasteiger partial charge in [0.15, 0.2) is 0 Å². The minimum absolute atomic E-state index is 0.782. The monoisotopic (exact) mass is 420 g/mol. The summed E-state index contributed by atoms with van der Waals surface area (Å²) >= 11 is 0. The highest BCUT2D eigenvalue weighted by molar-refractivity contribution is 5.95. The average molecular weight is 420 g/mol. The van der Waals surface area contributed by atoms with Gasteiger partial charge in [0.2, 0.25) is 17.7 Å². The van der Waals surface area contributed by atoms with Crippen LogP contribution >= 0.6 is 0 Å². The fourth-order valence-electron chi connectivity index (χ4n) is 1.85. The summed E-state index contributed by atoms with van der Waals surface area (Å²) in [6, 6.07) is -5.03. The van der Waals surface area contributed by atoms with Crippen molar-refractivity contribution in [1.82, 2.24) is 16.0 Å². The van der Waals surface area contributed by atoms with Gasteiger partial charge in [-0.15, -0.1) is 0 Å². The van der Waals surface area contributed by atoms with Gasteiger partial charge >= 0.3 is 23.9 Å². The second-order valence-corrected chi connectivity index (χ2v) is 5.64. The van der Waals surface area contributed by atoms with Crippen molar-refractivity contribution in [3.8, 4) is 0 Å². The fourth-order valence-corrected chi connectivity index (χ4v) is 1.85. The number of hydrogen-bond donors (Lipinski definition) is 8. The Labute approximate surface area is 162 Å². The Hall–Kier alpha value is -3.75. The molecule has 0 fully saturated rings. The number of nitrogens with one attached hydrogen (secondary N) is 3. The van der Waals surface area contributed by atoms with Crippen molar-refractivity contribution >= 4 is 41.6 Å². The Morgan fingerprint density at radius 1 is 0.690 bits per heavy atom. The van der Waals surface area contributed by atoms with Crippen LogP contribution in [-0.2, 0) is 33.6 Å². The molecule has 29 heavy (non-hydrogen) atoms. The van der Waals surface area contributed by atoms with Crippen LogP contribution in [0.3, 0.4) is 0 Å². The van der Waals surface area contributed by atoms with Gasteiger partial charge in [0.25, 0.3) is 0 Å². The van der Waals surface area contributed by atoms with Gasteiger partial charge in [-0.05, 0) is 0 Å². The molecule has 0 saturated heterocycles. The van der Waals surface area contributed by atoms with E-state index in [0.717, 1.165) is 0 Å². The van der Waals surface area contributed by atoms with E-state index in [1.54, 1.807) is 0 Å². The minimum atomic E-state index is -1.76. The quantitative estimate of drug-likeness (QED) is 0.141. The number of amides is 3. The summed E-state index contributed by atoms with van der Waals surface area (Å²) in [7, 11) is 0. The van der Waals surface area contributed by atoms with Gasteiger partial charge in [0.05, 0.1) is 31.8 Å². The second kappa shape index (κ2) is 11.9. The number of carbonyl (C=O) groups excluding carboxylic acids is 3. The Morgan fingerprint density at radius 3 is 1.62 bits per heavy atom. The maximum atomic E-state index is 12.0. The first-order chi connectivity index (χ1) is 13.3. The SMILES string of the molecule is NC(CC(=O)O)C(=O)NC(CC(=O)O)C(=O)NCC(=O)NC(CC(=O)O)C(=O)O. The number of rotatable bonds is 13. The van der Waals surface area contributed by atoms with Crippen molar-refractivity contribution in [2.45, 2.75) is 37.4 Å². The molecule has 0 spiro atoms. The highest BCUT2D eigenvalue weighted by atomic mass is 16.4. The summed E-state index contributed by atoms with van der Waals surface area (Å²) in [5.41, 5.74) is 5.30. The van der Waals surface area contributed by atoms with E-state index in [1.165, 1.54) is 0 Å². The first-order valence-electron chi connectivity index (χ1n) is 7.84. The molecule has 0 aliphatic heterocycles. The molecule has 162 valence electrons. The van der Waals surface area contributed by atoms with Crippen LogP contribution < -0.4 is 21.7 Å². The highest BCUT2D eigenvalue weighted by Gasteiger charge is 2.28. The van der Waals surface area contributed by atoms with E-state index in [1.807, 2.05) is 16.0 Å². The molecule has 0 saturated carbocycles. The van der Waals surface area contributed by atoms with Gasteiger partial charge in [0, 0.05) is 0 Å². The van der Waals surface area contributed by atoms with Crippen LogP contribution in [0, 0.1) is 0 Å². The lowest BCUT2D eigenvalue weighted by Crippen LogP contribution is -2.54. The van der Waals surface area contributed by atoms with Crippen LogP contribution in [0.5, 0.6) is 0 Å². The molecule has 15 nitrogen and oxygen atoms in total. The molecular weight excluding hydrogens is 400 g/mol. The van der Waals surface area contributed by atoms with E-state index in [4.69, 9.17) is 26.2 Å². The molecule has 9 N–H and O–H groups in total. The molecule has 0 radical (unpaired) electrons. The molecule has 0 bridgehead atoms. The van der Waals surface area contributed by atoms with Crippen molar-refractivity contribution in [3.05, 3.63) is 0 Å². The van der Waals surface area contributed by atoms with Crippen LogP contribution in [-0.4, -0.2) is 86.7 Å². The number of carbonyl (C=O) groups is 7. The normalized spacial score (nSPS) is 13.3. The molecule has 0 aliphatic carbocycles. The molecule has 0 aromatic carbocycles. The fraction of sp³-hybridized carbons (Fsp3) is 0.500. The van der Waals surface area contributed by atoms with E-state index in [9.17, 15) is 33.6 Å². The topological polar surface area (TPSA) is 263 Å². The second-order valence-electron chi connectivity index (χ2n) is 5.64. The van der Waals surface area contributed by atoms with Crippen LogP contribution in [0.4, 0.5) is 0 Å². The third kappa shape index (κ3) is 10.9. The molecular formula is C14H20N4O11. The van der Waals surface area contributed by atoms with Gasteiger partial charge < -0.3 is 42.1 Å². The number of hydrogen-bond acceptors (Lipinski definition) is 8. The van der Waals surface area contributed by atoms with E-state index in [0.29, 0.717) is 0 Å². The summed E-state index contributed by atoms with van der Waals surface area (Å²) in [5, 5.41) is 40.5. The molecule has 0 aromatic rings. The zero-order valence-electron chi connectivity index (χ0n) is 14.8. The number of nitrogens with two attached hydrogens (primary N) is 1. The van der Waals surface area contributed by atoms with Crippen LogP contribution in [0.15, 0.2) is 0 Å². The average Bonchev–Trinajstić information content (AvgIpc) is 2.56. The summed E-state index contributed by atoms with van der Waals surface area (Å²) in [6.07, 6.45) is -2.63. The van der Waals surface area contributed by atoms with Crippen molar-refractivity contribution < 1.29 is 54.0 Å². The third-order valence-electron chi connectivity index (χ3n) is 3.18. The summed E-state index contributed by atoms with van der Waals surface area (Å²) in [4.78, 5) is 78.3. The number of carboxylic acid groups (broad SMARTS) is 4. The summed E-state index contributed by atoms with van der Waals surface area (Å²) < 4.78 is 0. The van der Waals surface area contributed by atoms with Crippen molar-refractivity contribution in [1.29, 1.82) is 0 Å². The molecule has 3 unspecified atom stereocenters. The van der Waals surface area contributed by atoms with E-state index in [-0.39, 0.29) is 0 Å². The smallest absolute Gasteiger partial charge is 0.326 e. The Kier molecular flexibility index (Phi) is 10.3. The lowest BCUT2D eigenvalue weighted by atomic mass is 10.1. The summed E-state index contributed by atoms with van der Waals surface area (Å²) in [5.74, 6) is -9.39. The van der Waals surface area contributed by atoms with Crippen LogP contribution in [0.25, 0.3) is 0 Å². The Balaban J connectivity index is 4.89. The standard InChI is InChI=1S/C14H20N4O11/c15-5(1-9(20)21)12(26)18-6(2-10(22)23)13(27)16-4-8(19)17-7(14(28)29)3-11(24)25/h5-7H,1-4,15H2,(H,16,27)(H,17,19)(H,18,26)(H,20,21)(H,22,23)(H,24,25)(H,28,29). The van der Waals surface area contributed by atoms with Gasteiger partial charge in [-0.25, -0.2) is 4.79 Å². The number of aliphatic carboxylic acids is 4.